The first-order chi connectivity index (χ1) is 6.59. The van der Waals surface area contributed by atoms with Crippen LogP contribution in [0, 0.1) is 5.13 Å². The Balaban J connectivity index is 2.74. The Morgan fingerprint density at radius 1 is 1.29 bits per heavy atom. The summed E-state index contributed by atoms with van der Waals surface area (Å²) in [6, 6.07) is 4.07. The number of benzene rings is 1. The number of fused-ring (bicyclic) bond motifs is 1. The van der Waals surface area contributed by atoms with Gasteiger partial charge in [-0.2, -0.15) is 4.39 Å². The topological polar surface area (TPSA) is 60.7 Å². The molecule has 1 heterocycles. The Hall–Kier alpha value is -1.11. The lowest BCUT2D eigenvalue weighted by Gasteiger charge is -2.03. The molecule has 2 aromatic rings. The van der Waals surface area contributed by atoms with E-state index in [1.165, 1.54) is 18.2 Å². The van der Waals surface area contributed by atoms with Crippen LogP contribution < -0.4 is 5.46 Å². The minimum absolute atomic E-state index is 0.0182. The predicted molar refractivity (Wildman–Crippen MR) is 53.3 cm³/mol. The van der Waals surface area contributed by atoms with Gasteiger partial charge in [-0.3, -0.25) is 0 Å². The second-order valence-electron chi connectivity index (χ2n) is 2.84. The highest BCUT2D eigenvalue weighted by Crippen LogP contribution is 2.29. The molecule has 0 unspecified atom stereocenters. The SMILES string of the molecule is OB(O)c1ccc2sc(F)cc2c1O. The maximum absolute atomic E-state index is 12.8. The van der Waals surface area contributed by atoms with Crippen molar-refractivity contribution >= 4 is 34.0 Å². The third-order valence-electron chi connectivity index (χ3n) is 1.95. The molecule has 0 amide bonds. The van der Waals surface area contributed by atoms with Crippen LogP contribution in [0.15, 0.2) is 18.2 Å². The molecule has 0 saturated heterocycles. The van der Waals surface area contributed by atoms with Crippen molar-refractivity contribution in [3.63, 3.8) is 0 Å². The third kappa shape index (κ3) is 1.37. The van der Waals surface area contributed by atoms with E-state index in [9.17, 15) is 9.50 Å². The Kier molecular flexibility index (Phi) is 2.18. The fourth-order valence-electron chi connectivity index (χ4n) is 1.29. The standard InChI is InChI=1S/C8H6BFO3S/c10-7-3-4-6(14-7)2-1-5(8(4)11)9(12)13/h1-3,11-13H. The Labute approximate surface area is 83.2 Å². The van der Waals surface area contributed by atoms with E-state index in [0.717, 1.165) is 11.3 Å². The summed E-state index contributed by atoms with van der Waals surface area (Å²) in [5.74, 6) is -0.280. The third-order valence-corrected chi connectivity index (χ3v) is 2.84. The van der Waals surface area contributed by atoms with Crippen LogP contribution in [0.5, 0.6) is 5.75 Å². The summed E-state index contributed by atoms with van der Waals surface area (Å²) < 4.78 is 13.4. The van der Waals surface area contributed by atoms with E-state index >= 15 is 0 Å². The first-order valence-corrected chi connectivity index (χ1v) is 4.68. The lowest BCUT2D eigenvalue weighted by atomic mass is 9.79. The monoisotopic (exact) mass is 212 g/mol. The summed E-state index contributed by atoms with van der Waals surface area (Å²) in [6.45, 7) is 0. The number of hydrogen-bond donors (Lipinski definition) is 3. The van der Waals surface area contributed by atoms with Crippen LogP contribution in [0.3, 0.4) is 0 Å². The molecule has 0 spiro atoms. The molecule has 0 saturated carbocycles. The molecule has 72 valence electrons. The highest BCUT2D eigenvalue weighted by Gasteiger charge is 2.18. The van der Waals surface area contributed by atoms with Gasteiger partial charge in [0.2, 0.25) is 0 Å². The zero-order valence-electron chi connectivity index (χ0n) is 6.94. The molecule has 3 N–H and O–H groups in total. The van der Waals surface area contributed by atoms with Crippen molar-refractivity contribution in [2.75, 3.05) is 0 Å². The van der Waals surface area contributed by atoms with Gasteiger partial charge in [0.1, 0.15) is 5.75 Å². The van der Waals surface area contributed by atoms with Crippen LogP contribution in [0.2, 0.25) is 0 Å². The van der Waals surface area contributed by atoms with Crippen LogP contribution in [-0.2, 0) is 0 Å². The van der Waals surface area contributed by atoms with Crippen molar-refractivity contribution in [1.29, 1.82) is 0 Å². The zero-order valence-corrected chi connectivity index (χ0v) is 7.75. The van der Waals surface area contributed by atoms with E-state index in [-0.39, 0.29) is 11.2 Å². The van der Waals surface area contributed by atoms with E-state index < -0.39 is 12.2 Å². The van der Waals surface area contributed by atoms with Crippen molar-refractivity contribution < 1.29 is 19.5 Å². The zero-order chi connectivity index (χ0) is 10.3. The summed E-state index contributed by atoms with van der Waals surface area (Å²) in [7, 11) is -1.75. The highest BCUT2D eigenvalue weighted by atomic mass is 32.1. The van der Waals surface area contributed by atoms with Crippen LogP contribution in [0.4, 0.5) is 4.39 Å². The van der Waals surface area contributed by atoms with Crippen LogP contribution in [0.1, 0.15) is 0 Å². The maximum Gasteiger partial charge on any atom is 0.492 e. The lowest BCUT2D eigenvalue weighted by molar-refractivity contribution is 0.420. The van der Waals surface area contributed by atoms with Crippen LogP contribution in [0.25, 0.3) is 10.1 Å². The van der Waals surface area contributed by atoms with Gasteiger partial charge in [0.25, 0.3) is 0 Å². The molecule has 6 heteroatoms. The Bertz CT molecular complexity index is 483. The molecule has 0 radical (unpaired) electrons. The molecule has 0 fully saturated rings. The molecule has 1 aromatic heterocycles. The van der Waals surface area contributed by atoms with E-state index in [1.54, 1.807) is 0 Å². The van der Waals surface area contributed by atoms with Gasteiger partial charge in [-0.05, 0) is 12.1 Å². The van der Waals surface area contributed by atoms with Crippen molar-refractivity contribution in [3.05, 3.63) is 23.3 Å². The number of thiophene rings is 1. The molecular formula is C8H6BFO3S. The number of phenolic OH excluding ortho intramolecular Hbond substituents is 1. The van der Waals surface area contributed by atoms with Crippen LogP contribution in [-0.4, -0.2) is 22.3 Å². The first kappa shape index (κ1) is 9.45. The summed E-state index contributed by atoms with van der Waals surface area (Å²) in [5.41, 5.74) is -0.0182. The fraction of sp³-hybridized carbons (Fsp3) is 0. The maximum atomic E-state index is 12.8. The van der Waals surface area contributed by atoms with Crippen molar-refractivity contribution in [2.45, 2.75) is 0 Å². The molecule has 3 nitrogen and oxygen atoms in total. The molecule has 2 rings (SSSR count). The van der Waals surface area contributed by atoms with Gasteiger partial charge in [-0.15, -0.1) is 11.3 Å². The van der Waals surface area contributed by atoms with Crippen molar-refractivity contribution in [3.8, 4) is 5.75 Å². The Morgan fingerprint density at radius 2 is 2.00 bits per heavy atom. The van der Waals surface area contributed by atoms with Crippen molar-refractivity contribution in [1.82, 2.24) is 0 Å². The molecule has 0 aliphatic rings. The quantitative estimate of drug-likeness (QED) is 0.600. The number of halogens is 1. The van der Waals surface area contributed by atoms with Gasteiger partial charge >= 0.3 is 7.12 Å². The minimum Gasteiger partial charge on any atom is -0.508 e. The smallest absolute Gasteiger partial charge is 0.492 e. The van der Waals surface area contributed by atoms with Gasteiger partial charge in [-0.25, -0.2) is 0 Å². The van der Waals surface area contributed by atoms with Crippen LogP contribution >= 0.6 is 11.3 Å². The molecule has 0 aliphatic carbocycles. The van der Waals surface area contributed by atoms with E-state index in [2.05, 4.69) is 0 Å². The number of aromatic hydroxyl groups is 1. The number of rotatable bonds is 1. The minimum atomic E-state index is -1.75. The van der Waals surface area contributed by atoms with E-state index in [4.69, 9.17) is 10.0 Å². The first-order valence-electron chi connectivity index (χ1n) is 3.86. The van der Waals surface area contributed by atoms with E-state index in [0.29, 0.717) is 10.1 Å². The second-order valence-corrected chi connectivity index (χ2v) is 3.87. The predicted octanol–water partition coefficient (Wildman–Crippen LogP) is 0.426. The molecule has 0 atom stereocenters. The highest BCUT2D eigenvalue weighted by molar-refractivity contribution is 7.17. The van der Waals surface area contributed by atoms with Gasteiger partial charge < -0.3 is 15.2 Å². The Morgan fingerprint density at radius 3 is 2.64 bits per heavy atom. The molecule has 0 bridgehead atoms. The van der Waals surface area contributed by atoms with Gasteiger partial charge in [0, 0.05) is 15.5 Å². The molecule has 0 aliphatic heterocycles. The molecule has 14 heavy (non-hydrogen) atoms. The normalized spacial score (nSPS) is 10.8. The second kappa shape index (κ2) is 3.23. The largest absolute Gasteiger partial charge is 0.508 e. The summed E-state index contributed by atoms with van der Waals surface area (Å²) >= 11 is 0.897. The average molecular weight is 212 g/mol. The lowest BCUT2D eigenvalue weighted by Crippen LogP contribution is -2.29. The summed E-state index contributed by atoms with van der Waals surface area (Å²) in [5, 5.41) is 27.2. The van der Waals surface area contributed by atoms with Gasteiger partial charge in [0.15, 0.2) is 5.13 Å². The molecular weight excluding hydrogens is 206 g/mol. The fourth-order valence-corrected chi connectivity index (χ4v) is 2.08. The number of phenols is 1. The summed E-state index contributed by atoms with van der Waals surface area (Å²) in [6.07, 6.45) is 0. The van der Waals surface area contributed by atoms with Crippen molar-refractivity contribution in [2.24, 2.45) is 0 Å². The summed E-state index contributed by atoms with van der Waals surface area (Å²) in [4.78, 5) is 0. The average Bonchev–Trinajstić information content (AvgIpc) is 2.46. The molecule has 1 aromatic carbocycles. The van der Waals surface area contributed by atoms with Gasteiger partial charge in [0.05, 0.1) is 0 Å². The number of hydrogen-bond acceptors (Lipinski definition) is 4. The van der Waals surface area contributed by atoms with E-state index in [1.807, 2.05) is 0 Å². The van der Waals surface area contributed by atoms with Gasteiger partial charge in [-0.1, -0.05) is 6.07 Å².